The number of nitro groups is 1. The molecule has 0 aliphatic carbocycles. The molecule has 1 unspecified atom stereocenters. The average molecular weight is 417 g/mol. The third-order valence-electron chi connectivity index (χ3n) is 4.68. The van der Waals surface area contributed by atoms with E-state index in [-0.39, 0.29) is 11.6 Å². The van der Waals surface area contributed by atoms with Gasteiger partial charge in [0.2, 0.25) is 5.91 Å². The van der Waals surface area contributed by atoms with E-state index in [4.69, 9.17) is 11.6 Å². The number of anilines is 1. The summed E-state index contributed by atoms with van der Waals surface area (Å²) in [7, 11) is 0. The minimum atomic E-state index is -0.665. The zero-order valence-electron chi connectivity index (χ0n) is 16.3. The number of halogens is 1. The van der Waals surface area contributed by atoms with E-state index < -0.39 is 11.0 Å². The maximum Gasteiger partial charge on any atom is 0.307 e. The van der Waals surface area contributed by atoms with Gasteiger partial charge in [0, 0.05) is 5.02 Å². The molecule has 0 fully saturated rings. The molecule has 0 saturated heterocycles. The predicted octanol–water partition coefficient (Wildman–Crippen LogP) is 3.90. The second kappa shape index (κ2) is 8.44. The van der Waals surface area contributed by atoms with Gasteiger partial charge < -0.3 is 5.32 Å². The lowest BCUT2D eigenvalue weighted by Crippen LogP contribution is -2.26. The maximum atomic E-state index is 12.8. The van der Waals surface area contributed by atoms with Crippen LogP contribution in [0.2, 0.25) is 5.02 Å². The molecule has 152 valence electrons. The average Bonchev–Trinajstić information content (AvgIpc) is 3.26. The van der Waals surface area contributed by atoms with Crippen LogP contribution in [0.5, 0.6) is 0 Å². The molecule has 1 atom stereocenters. The van der Waals surface area contributed by atoms with E-state index in [1.807, 2.05) is 49.7 Å². The third kappa shape index (κ3) is 4.45. The van der Waals surface area contributed by atoms with Crippen LogP contribution >= 0.6 is 11.6 Å². The van der Waals surface area contributed by atoms with Gasteiger partial charge in [0.1, 0.15) is 18.4 Å². The first-order valence-electron chi connectivity index (χ1n) is 9.08. The lowest BCUT2D eigenvalue weighted by molar-refractivity contribution is -0.385. The largest absolute Gasteiger partial charge is 0.321 e. The van der Waals surface area contributed by atoms with Crippen molar-refractivity contribution in [1.82, 2.24) is 19.6 Å². The number of aromatic nitrogens is 4. The Balaban J connectivity index is 1.79. The zero-order chi connectivity index (χ0) is 21.1. The molecule has 2 aromatic heterocycles. The van der Waals surface area contributed by atoms with Crippen LogP contribution in [0.25, 0.3) is 0 Å². The van der Waals surface area contributed by atoms with Crippen LogP contribution < -0.4 is 5.32 Å². The fraction of sp³-hybridized carbons (Fsp3) is 0.316. The summed E-state index contributed by atoms with van der Waals surface area (Å²) < 4.78 is 3.13. The van der Waals surface area contributed by atoms with Crippen molar-refractivity contribution in [2.45, 2.75) is 39.8 Å². The summed E-state index contributed by atoms with van der Waals surface area (Å²) in [4.78, 5) is 23.2. The predicted molar refractivity (Wildman–Crippen MR) is 109 cm³/mol. The molecule has 10 heteroatoms. The first-order valence-corrected chi connectivity index (χ1v) is 9.45. The van der Waals surface area contributed by atoms with Gasteiger partial charge in [-0.05, 0) is 38.0 Å². The van der Waals surface area contributed by atoms with Gasteiger partial charge >= 0.3 is 5.69 Å². The molecule has 1 N–H and O–H groups in total. The van der Waals surface area contributed by atoms with Crippen molar-refractivity contribution in [1.29, 1.82) is 0 Å². The second-order valence-corrected chi connectivity index (χ2v) is 7.12. The van der Waals surface area contributed by atoms with E-state index in [9.17, 15) is 14.9 Å². The Morgan fingerprint density at radius 1 is 1.31 bits per heavy atom. The van der Waals surface area contributed by atoms with Crippen LogP contribution in [-0.4, -0.2) is 30.4 Å². The summed E-state index contributed by atoms with van der Waals surface area (Å²) in [5.41, 5.74) is 3.01. The van der Waals surface area contributed by atoms with E-state index in [1.165, 1.54) is 10.9 Å². The van der Waals surface area contributed by atoms with Gasteiger partial charge in [-0.25, -0.2) is 0 Å². The standard InChI is InChI=1S/C19H21ClN6O3/c1-4-17(25-11-16(9-21-25)26(28)29)19(27)22-18-12(2)23-24(13(18)3)10-14-5-7-15(20)8-6-14/h5-9,11,17H,4,10H2,1-3H3,(H,22,27). The van der Waals surface area contributed by atoms with Crippen LogP contribution in [0.15, 0.2) is 36.7 Å². The lowest BCUT2D eigenvalue weighted by atomic mass is 10.2. The highest BCUT2D eigenvalue weighted by Gasteiger charge is 2.24. The second-order valence-electron chi connectivity index (χ2n) is 6.68. The number of nitrogens with one attached hydrogen (secondary N) is 1. The monoisotopic (exact) mass is 416 g/mol. The molecule has 0 aliphatic rings. The number of hydrogen-bond acceptors (Lipinski definition) is 5. The molecule has 9 nitrogen and oxygen atoms in total. The van der Waals surface area contributed by atoms with Gasteiger partial charge in [0.05, 0.1) is 28.5 Å². The number of hydrogen-bond donors (Lipinski definition) is 1. The Hall–Kier alpha value is -3.20. The van der Waals surface area contributed by atoms with E-state index in [2.05, 4.69) is 15.5 Å². The summed E-state index contributed by atoms with van der Waals surface area (Å²) >= 11 is 5.93. The fourth-order valence-corrected chi connectivity index (χ4v) is 3.21. The van der Waals surface area contributed by atoms with Crippen LogP contribution in [0.3, 0.4) is 0 Å². The van der Waals surface area contributed by atoms with Gasteiger partial charge in [0.15, 0.2) is 0 Å². The normalized spacial score (nSPS) is 12.0. The molecule has 0 radical (unpaired) electrons. The number of carbonyl (C=O) groups excluding carboxylic acids is 1. The number of rotatable bonds is 7. The molecule has 0 bridgehead atoms. The highest BCUT2D eigenvalue weighted by atomic mass is 35.5. The van der Waals surface area contributed by atoms with Gasteiger partial charge in [-0.3, -0.25) is 24.3 Å². The van der Waals surface area contributed by atoms with Crippen molar-refractivity contribution in [3.8, 4) is 0 Å². The Kier molecular flexibility index (Phi) is 5.97. The Bertz CT molecular complexity index is 1040. The topological polar surface area (TPSA) is 108 Å². The Labute approximate surface area is 172 Å². The van der Waals surface area contributed by atoms with Crippen molar-refractivity contribution in [3.63, 3.8) is 0 Å². The smallest absolute Gasteiger partial charge is 0.307 e. The zero-order valence-corrected chi connectivity index (χ0v) is 17.1. The summed E-state index contributed by atoms with van der Waals surface area (Å²) in [5, 5.41) is 22.9. The SMILES string of the molecule is CCC(C(=O)Nc1c(C)nn(Cc2ccc(Cl)cc2)c1C)n1cc([N+](=O)[O-])cn1. The molecular weight excluding hydrogens is 396 g/mol. The van der Waals surface area contributed by atoms with Crippen molar-refractivity contribution in [2.24, 2.45) is 0 Å². The number of amides is 1. The van der Waals surface area contributed by atoms with E-state index in [0.29, 0.717) is 29.4 Å². The summed E-state index contributed by atoms with van der Waals surface area (Å²) in [5.74, 6) is -0.303. The number of benzene rings is 1. The van der Waals surface area contributed by atoms with E-state index in [0.717, 1.165) is 17.5 Å². The van der Waals surface area contributed by atoms with Crippen LogP contribution in [0, 0.1) is 24.0 Å². The molecule has 29 heavy (non-hydrogen) atoms. The number of nitrogens with zero attached hydrogens (tertiary/aromatic N) is 5. The highest BCUT2D eigenvalue weighted by molar-refractivity contribution is 6.30. The molecule has 1 aromatic carbocycles. The first-order chi connectivity index (χ1) is 13.8. The van der Waals surface area contributed by atoms with Crippen molar-refractivity contribution in [3.05, 3.63) is 68.7 Å². The third-order valence-corrected chi connectivity index (χ3v) is 4.93. The Morgan fingerprint density at radius 2 is 2.00 bits per heavy atom. The van der Waals surface area contributed by atoms with Gasteiger partial charge in [-0.15, -0.1) is 0 Å². The van der Waals surface area contributed by atoms with Crippen LogP contribution in [-0.2, 0) is 11.3 Å². The quantitative estimate of drug-likeness (QED) is 0.464. The van der Waals surface area contributed by atoms with Crippen LogP contribution in [0.4, 0.5) is 11.4 Å². The van der Waals surface area contributed by atoms with Crippen molar-refractivity contribution >= 4 is 28.9 Å². The number of aryl methyl sites for hydroxylation is 1. The van der Waals surface area contributed by atoms with Gasteiger partial charge in [-0.1, -0.05) is 30.7 Å². The van der Waals surface area contributed by atoms with Crippen molar-refractivity contribution in [2.75, 3.05) is 5.32 Å². The first kappa shape index (κ1) is 20.5. The molecule has 1 amide bonds. The van der Waals surface area contributed by atoms with Gasteiger partial charge in [0.25, 0.3) is 0 Å². The number of carbonyl (C=O) groups is 1. The Morgan fingerprint density at radius 3 is 2.59 bits per heavy atom. The molecule has 0 saturated carbocycles. The summed E-state index contributed by atoms with van der Waals surface area (Å²) in [6.07, 6.45) is 2.83. The molecule has 3 aromatic rings. The van der Waals surface area contributed by atoms with Crippen LogP contribution in [0.1, 0.15) is 36.3 Å². The summed E-state index contributed by atoms with van der Waals surface area (Å²) in [6, 6.07) is 6.83. The minimum Gasteiger partial charge on any atom is -0.321 e. The molecule has 2 heterocycles. The van der Waals surface area contributed by atoms with Crippen molar-refractivity contribution < 1.29 is 9.72 Å². The highest BCUT2D eigenvalue weighted by Crippen LogP contribution is 2.24. The molecular formula is C19H21ClN6O3. The minimum absolute atomic E-state index is 0.153. The molecule has 3 rings (SSSR count). The lowest BCUT2D eigenvalue weighted by Gasteiger charge is -2.15. The molecule has 0 spiro atoms. The fourth-order valence-electron chi connectivity index (χ4n) is 3.09. The summed E-state index contributed by atoms with van der Waals surface area (Å²) in [6.45, 7) is 6.07. The van der Waals surface area contributed by atoms with E-state index in [1.54, 1.807) is 0 Å². The molecule has 0 aliphatic heterocycles. The van der Waals surface area contributed by atoms with E-state index >= 15 is 0 Å². The van der Waals surface area contributed by atoms with Gasteiger partial charge in [-0.2, -0.15) is 10.2 Å². The maximum absolute atomic E-state index is 12.8.